The Morgan fingerprint density at radius 1 is 1.53 bits per heavy atom. The monoisotopic (exact) mass is 358 g/mol. The number of aromatic nitrogens is 1. The van der Waals surface area contributed by atoms with Gasteiger partial charge in [-0.05, 0) is 64.2 Å². The average molecular weight is 358 g/mol. The first-order valence-corrected chi connectivity index (χ1v) is 7.61. The standard InChI is InChI=1S/C13H15IN2S/c1-2-16-12(11-7-13(14)17-9-11)6-10-4-3-5-15-8-10/h3-5,7-9,12,16H,2,6H2,1H3. The topological polar surface area (TPSA) is 24.9 Å². The van der Waals surface area contributed by atoms with Crippen LogP contribution in [0.2, 0.25) is 0 Å². The minimum absolute atomic E-state index is 0.393. The quantitative estimate of drug-likeness (QED) is 0.826. The molecule has 1 atom stereocenters. The van der Waals surface area contributed by atoms with Gasteiger partial charge in [0.05, 0.1) is 2.88 Å². The lowest BCUT2D eigenvalue weighted by Crippen LogP contribution is -2.22. The third kappa shape index (κ3) is 3.76. The maximum absolute atomic E-state index is 4.17. The van der Waals surface area contributed by atoms with Crippen LogP contribution < -0.4 is 5.32 Å². The number of likely N-dealkylation sites (N-methyl/N-ethyl adjacent to an activating group) is 1. The van der Waals surface area contributed by atoms with E-state index in [4.69, 9.17) is 0 Å². The maximum atomic E-state index is 4.17. The van der Waals surface area contributed by atoms with Gasteiger partial charge in [0.15, 0.2) is 0 Å². The Bertz CT molecular complexity index is 455. The van der Waals surface area contributed by atoms with Crippen molar-refractivity contribution in [3.8, 4) is 0 Å². The fourth-order valence-corrected chi connectivity index (χ4v) is 3.24. The zero-order valence-electron chi connectivity index (χ0n) is 9.69. The van der Waals surface area contributed by atoms with Crippen molar-refractivity contribution in [3.05, 3.63) is 50.0 Å². The molecule has 0 spiro atoms. The van der Waals surface area contributed by atoms with Crippen LogP contribution in [0.15, 0.2) is 36.0 Å². The number of thiophene rings is 1. The smallest absolute Gasteiger partial charge is 0.0656 e. The van der Waals surface area contributed by atoms with Crippen molar-refractivity contribution < 1.29 is 0 Å². The third-order valence-corrected chi connectivity index (χ3v) is 4.41. The van der Waals surface area contributed by atoms with Crippen molar-refractivity contribution in [2.45, 2.75) is 19.4 Å². The van der Waals surface area contributed by atoms with Crippen molar-refractivity contribution in [1.29, 1.82) is 0 Å². The van der Waals surface area contributed by atoms with Crippen molar-refractivity contribution >= 4 is 33.9 Å². The second-order valence-electron chi connectivity index (χ2n) is 3.86. The first-order chi connectivity index (χ1) is 8.29. The van der Waals surface area contributed by atoms with Gasteiger partial charge in [0.1, 0.15) is 0 Å². The molecule has 2 nitrogen and oxygen atoms in total. The van der Waals surface area contributed by atoms with E-state index in [1.807, 2.05) is 18.5 Å². The van der Waals surface area contributed by atoms with Gasteiger partial charge in [-0.3, -0.25) is 4.98 Å². The summed E-state index contributed by atoms with van der Waals surface area (Å²) in [7, 11) is 0. The zero-order valence-corrected chi connectivity index (χ0v) is 12.7. The highest BCUT2D eigenvalue weighted by Crippen LogP contribution is 2.24. The van der Waals surface area contributed by atoms with E-state index >= 15 is 0 Å². The molecule has 0 saturated carbocycles. The summed E-state index contributed by atoms with van der Waals surface area (Å²) in [6.07, 6.45) is 4.76. The molecule has 0 aliphatic carbocycles. The Hall–Kier alpha value is -0.460. The van der Waals surface area contributed by atoms with Gasteiger partial charge in [-0.15, -0.1) is 11.3 Å². The molecule has 0 saturated heterocycles. The van der Waals surface area contributed by atoms with E-state index in [0.29, 0.717) is 6.04 Å². The molecule has 2 aromatic rings. The van der Waals surface area contributed by atoms with Gasteiger partial charge in [-0.25, -0.2) is 0 Å². The summed E-state index contributed by atoms with van der Waals surface area (Å²) in [5, 5.41) is 5.78. The lowest BCUT2D eigenvalue weighted by molar-refractivity contribution is 0.550. The second kappa shape index (κ2) is 6.47. The minimum Gasteiger partial charge on any atom is -0.310 e. The van der Waals surface area contributed by atoms with E-state index < -0.39 is 0 Å². The van der Waals surface area contributed by atoms with Gasteiger partial charge in [0.25, 0.3) is 0 Å². The van der Waals surface area contributed by atoms with E-state index in [1.165, 1.54) is 14.0 Å². The highest BCUT2D eigenvalue weighted by atomic mass is 127. The highest BCUT2D eigenvalue weighted by Gasteiger charge is 2.12. The van der Waals surface area contributed by atoms with Crippen LogP contribution in [-0.2, 0) is 6.42 Å². The van der Waals surface area contributed by atoms with Crippen LogP contribution in [0.3, 0.4) is 0 Å². The summed E-state index contributed by atoms with van der Waals surface area (Å²) in [5.74, 6) is 0. The fourth-order valence-electron chi connectivity index (χ4n) is 1.81. The van der Waals surface area contributed by atoms with Gasteiger partial charge in [-0.1, -0.05) is 13.0 Å². The molecule has 90 valence electrons. The Morgan fingerprint density at radius 2 is 2.41 bits per heavy atom. The molecule has 0 radical (unpaired) electrons. The molecule has 2 aromatic heterocycles. The van der Waals surface area contributed by atoms with Crippen LogP contribution in [0.1, 0.15) is 24.1 Å². The molecule has 1 unspecified atom stereocenters. The average Bonchev–Trinajstić information content (AvgIpc) is 2.77. The van der Waals surface area contributed by atoms with Gasteiger partial charge in [0, 0.05) is 18.4 Å². The summed E-state index contributed by atoms with van der Waals surface area (Å²) in [6.45, 7) is 3.13. The lowest BCUT2D eigenvalue weighted by Gasteiger charge is -2.16. The fraction of sp³-hybridized carbons (Fsp3) is 0.308. The van der Waals surface area contributed by atoms with Gasteiger partial charge >= 0.3 is 0 Å². The molecular weight excluding hydrogens is 343 g/mol. The van der Waals surface area contributed by atoms with Crippen molar-refractivity contribution in [3.63, 3.8) is 0 Å². The number of hydrogen-bond donors (Lipinski definition) is 1. The highest BCUT2D eigenvalue weighted by molar-refractivity contribution is 14.1. The predicted molar refractivity (Wildman–Crippen MR) is 81.4 cm³/mol. The van der Waals surface area contributed by atoms with Crippen LogP contribution in [0.4, 0.5) is 0 Å². The largest absolute Gasteiger partial charge is 0.310 e. The van der Waals surface area contributed by atoms with E-state index in [1.54, 1.807) is 11.3 Å². The minimum atomic E-state index is 0.393. The van der Waals surface area contributed by atoms with E-state index in [0.717, 1.165) is 13.0 Å². The van der Waals surface area contributed by atoms with Crippen LogP contribution in [0.5, 0.6) is 0 Å². The number of nitrogens with one attached hydrogen (secondary N) is 1. The second-order valence-corrected chi connectivity index (χ2v) is 6.67. The van der Waals surface area contributed by atoms with Crippen molar-refractivity contribution in [2.24, 2.45) is 0 Å². The Balaban J connectivity index is 2.13. The number of halogens is 1. The molecule has 0 aliphatic rings. The molecule has 0 fully saturated rings. The summed E-state index contributed by atoms with van der Waals surface area (Å²) in [5.41, 5.74) is 2.66. The van der Waals surface area contributed by atoms with Crippen LogP contribution in [0, 0.1) is 2.88 Å². The predicted octanol–water partition coefficient (Wildman–Crippen LogP) is 3.64. The first kappa shape index (κ1) is 13.0. The Morgan fingerprint density at radius 3 is 3.00 bits per heavy atom. The molecule has 0 aromatic carbocycles. The molecule has 17 heavy (non-hydrogen) atoms. The van der Waals surface area contributed by atoms with E-state index in [2.05, 4.69) is 57.3 Å². The van der Waals surface area contributed by atoms with Crippen molar-refractivity contribution in [2.75, 3.05) is 6.54 Å². The number of hydrogen-bond acceptors (Lipinski definition) is 3. The van der Waals surface area contributed by atoms with Crippen LogP contribution >= 0.6 is 33.9 Å². The normalized spacial score (nSPS) is 12.6. The maximum Gasteiger partial charge on any atom is 0.0656 e. The third-order valence-electron chi connectivity index (χ3n) is 2.60. The van der Waals surface area contributed by atoms with E-state index in [9.17, 15) is 0 Å². The van der Waals surface area contributed by atoms with Gasteiger partial charge in [-0.2, -0.15) is 0 Å². The first-order valence-electron chi connectivity index (χ1n) is 5.66. The summed E-state index contributed by atoms with van der Waals surface area (Å²) >= 11 is 4.17. The molecule has 0 aliphatic heterocycles. The number of nitrogens with zero attached hydrogens (tertiary/aromatic N) is 1. The van der Waals surface area contributed by atoms with E-state index in [-0.39, 0.29) is 0 Å². The summed E-state index contributed by atoms with van der Waals surface area (Å²) < 4.78 is 1.34. The molecule has 1 N–H and O–H groups in total. The summed E-state index contributed by atoms with van der Waals surface area (Å²) in [6, 6.07) is 6.78. The molecule has 4 heteroatoms. The number of pyridine rings is 1. The molecule has 0 bridgehead atoms. The van der Waals surface area contributed by atoms with Crippen LogP contribution in [0.25, 0.3) is 0 Å². The SMILES string of the molecule is CCNC(Cc1cccnc1)c1csc(I)c1. The lowest BCUT2D eigenvalue weighted by atomic mass is 10.0. The number of rotatable bonds is 5. The van der Waals surface area contributed by atoms with Crippen LogP contribution in [-0.4, -0.2) is 11.5 Å². The Kier molecular flexibility index (Phi) is 4.94. The van der Waals surface area contributed by atoms with Gasteiger partial charge < -0.3 is 5.32 Å². The molecular formula is C13H15IN2S. The Labute approximate surface area is 120 Å². The van der Waals surface area contributed by atoms with Crippen molar-refractivity contribution in [1.82, 2.24) is 10.3 Å². The molecule has 0 amide bonds. The molecule has 2 rings (SSSR count). The zero-order chi connectivity index (χ0) is 12.1. The summed E-state index contributed by atoms with van der Waals surface area (Å²) in [4.78, 5) is 4.17. The van der Waals surface area contributed by atoms with Gasteiger partial charge in [0.2, 0.25) is 0 Å². The molecule has 2 heterocycles.